The van der Waals surface area contributed by atoms with Gasteiger partial charge in [-0.1, -0.05) is 0 Å². The maximum Gasteiger partial charge on any atom is 0.196 e. The molecule has 0 unspecified atom stereocenters. The number of ether oxygens (including phenoxy) is 1. The van der Waals surface area contributed by atoms with E-state index in [0.717, 1.165) is 12.8 Å². The summed E-state index contributed by atoms with van der Waals surface area (Å²) in [5, 5.41) is 19.7. The van der Waals surface area contributed by atoms with Crippen molar-refractivity contribution in [3.8, 4) is 11.5 Å². The van der Waals surface area contributed by atoms with Crippen LogP contribution in [0.15, 0.2) is 6.07 Å². The Labute approximate surface area is 93.5 Å². The first kappa shape index (κ1) is 11.2. The van der Waals surface area contributed by atoms with Crippen LogP contribution in [0.25, 0.3) is 0 Å². The van der Waals surface area contributed by atoms with Gasteiger partial charge in [0.1, 0.15) is 0 Å². The maximum atomic E-state index is 13.4. The molecule has 1 saturated carbocycles. The average Bonchev–Trinajstić information content (AvgIpc) is 2.92. The second-order valence-electron chi connectivity index (χ2n) is 4.44. The van der Waals surface area contributed by atoms with Crippen molar-refractivity contribution in [1.82, 2.24) is 0 Å². The van der Waals surface area contributed by atoms with Crippen molar-refractivity contribution in [2.45, 2.75) is 31.8 Å². The minimum atomic E-state index is -0.717. The van der Waals surface area contributed by atoms with Gasteiger partial charge >= 0.3 is 0 Å². The highest BCUT2D eigenvalue weighted by Crippen LogP contribution is 2.43. The molecule has 1 aliphatic rings. The summed E-state index contributed by atoms with van der Waals surface area (Å²) in [6.45, 7) is 1.71. The Kier molecular flexibility index (Phi) is 2.54. The number of aromatic hydroxyl groups is 1. The molecule has 0 saturated heterocycles. The van der Waals surface area contributed by atoms with Gasteiger partial charge in [-0.2, -0.15) is 0 Å². The first-order valence-electron chi connectivity index (χ1n) is 5.24. The highest BCUT2D eigenvalue weighted by molar-refractivity contribution is 5.51. The van der Waals surface area contributed by atoms with Crippen LogP contribution in [0.3, 0.4) is 0 Å². The molecular weight excluding hydrogens is 211 g/mol. The minimum Gasteiger partial charge on any atom is -0.504 e. The number of rotatable bonds is 3. The van der Waals surface area contributed by atoms with Crippen molar-refractivity contribution in [3.63, 3.8) is 0 Å². The zero-order valence-corrected chi connectivity index (χ0v) is 9.38. The van der Waals surface area contributed by atoms with E-state index in [1.54, 1.807) is 6.92 Å². The molecule has 4 heteroatoms. The van der Waals surface area contributed by atoms with Crippen LogP contribution >= 0.6 is 0 Å². The Morgan fingerprint density at radius 1 is 1.50 bits per heavy atom. The number of hydrogen-bond acceptors (Lipinski definition) is 3. The minimum absolute atomic E-state index is 0.148. The molecule has 0 heterocycles. The maximum absolute atomic E-state index is 13.4. The zero-order valence-electron chi connectivity index (χ0n) is 9.38. The number of aryl methyl sites for hydroxylation is 1. The fourth-order valence-corrected chi connectivity index (χ4v) is 1.85. The molecule has 88 valence electrons. The first-order chi connectivity index (χ1) is 7.47. The van der Waals surface area contributed by atoms with Crippen molar-refractivity contribution in [1.29, 1.82) is 0 Å². The molecular formula is C12H15FO3. The van der Waals surface area contributed by atoms with Gasteiger partial charge in [0.15, 0.2) is 17.3 Å². The largest absolute Gasteiger partial charge is 0.504 e. The van der Waals surface area contributed by atoms with Gasteiger partial charge in [-0.25, -0.2) is 4.39 Å². The lowest BCUT2D eigenvalue weighted by molar-refractivity contribution is 0.149. The fraction of sp³-hybridized carbons (Fsp3) is 0.500. The third-order valence-electron chi connectivity index (χ3n) is 3.07. The van der Waals surface area contributed by atoms with E-state index in [0.29, 0.717) is 17.5 Å². The van der Waals surface area contributed by atoms with Gasteiger partial charge in [0, 0.05) is 12.0 Å². The lowest BCUT2D eigenvalue weighted by Gasteiger charge is -2.15. The van der Waals surface area contributed by atoms with E-state index < -0.39 is 11.4 Å². The molecule has 2 N–H and O–H groups in total. The van der Waals surface area contributed by atoms with E-state index in [1.807, 2.05) is 0 Å². The molecule has 2 rings (SSSR count). The van der Waals surface area contributed by atoms with E-state index in [4.69, 9.17) is 4.74 Å². The Morgan fingerprint density at radius 3 is 2.62 bits per heavy atom. The van der Waals surface area contributed by atoms with Crippen LogP contribution in [0.1, 0.15) is 24.0 Å². The first-order valence-corrected chi connectivity index (χ1v) is 5.24. The molecule has 0 aliphatic heterocycles. The van der Waals surface area contributed by atoms with E-state index in [-0.39, 0.29) is 11.5 Å². The van der Waals surface area contributed by atoms with Crippen molar-refractivity contribution < 1.29 is 19.3 Å². The molecule has 1 fully saturated rings. The molecule has 0 spiro atoms. The van der Waals surface area contributed by atoms with Crippen LogP contribution < -0.4 is 4.74 Å². The lowest BCUT2D eigenvalue weighted by atomic mass is 9.99. The van der Waals surface area contributed by atoms with Gasteiger partial charge in [-0.05, 0) is 31.4 Å². The number of hydrogen-bond donors (Lipinski definition) is 2. The Morgan fingerprint density at radius 2 is 2.12 bits per heavy atom. The molecule has 16 heavy (non-hydrogen) atoms. The highest BCUT2D eigenvalue weighted by Gasteiger charge is 2.41. The number of methoxy groups -OCH3 is 1. The summed E-state index contributed by atoms with van der Waals surface area (Å²) < 4.78 is 18.2. The van der Waals surface area contributed by atoms with Gasteiger partial charge < -0.3 is 14.9 Å². The summed E-state index contributed by atoms with van der Waals surface area (Å²) in [5.41, 5.74) is 0.486. The van der Waals surface area contributed by atoms with Crippen molar-refractivity contribution in [2.75, 3.05) is 7.11 Å². The molecule has 0 bridgehead atoms. The molecule has 1 aliphatic carbocycles. The normalized spacial score (nSPS) is 17.2. The monoisotopic (exact) mass is 226 g/mol. The van der Waals surface area contributed by atoms with Gasteiger partial charge in [0.25, 0.3) is 0 Å². The van der Waals surface area contributed by atoms with Crippen LogP contribution in [0.2, 0.25) is 0 Å². The Hall–Kier alpha value is -1.29. The molecule has 1 aromatic carbocycles. The second kappa shape index (κ2) is 3.63. The SMILES string of the molecule is COc1c(F)cc(C)c(CC2(O)CC2)c1O. The van der Waals surface area contributed by atoms with Crippen molar-refractivity contribution in [2.24, 2.45) is 0 Å². The number of aliphatic hydroxyl groups is 1. The highest BCUT2D eigenvalue weighted by atomic mass is 19.1. The smallest absolute Gasteiger partial charge is 0.196 e. The zero-order chi connectivity index (χ0) is 11.9. The number of phenols is 1. The topological polar surface area (TPSA) is 49.7 Å². The molecule has 0 radical (unpaired) electrons. The van der Waals surface area contributed by atoms with Crippen molar-refractivity contribution >= 4 is 0 Å². The summed E-state index contributed by atoms with van der Waals surface area (Å²) in [7, 11) is 1.31. The molecule has 3 nitrogen and oxygen atoms in total. The second-order valence-corrected chi connectivity index (χ2v) is 4.44. The van der Waals surface area contributed by atoms with Crippen LogP contribution in [0.4, 0.5) is 4.39 Å². The standard InChI is InChI=1S/C12H15FO3/c1-7-5-9(13)11(16-2)10(14)8(7)6-12(15)3-4-12/h5,14-15H,3-4,6H2,1-2H3. The van der Waals surface area contributed by atoms with Gasteiger partial charge in [0.05, 0.1) is 12.7 Å². The Bertz CT molecular complexity index is 425. The Balaban J connectivity index is 2.43. The van der Waals surface area contributed by atoms with E-state index in [9.17, 15) is 14.6 Å². The van der Waals surface area contributed by atoms with Crippen LogP contribution in [-0.4, -0.2) is 22.9 Å². The van der Waals surface area contributed by atoms with E-state index in [2.05, 4.69) is 0 Å². The lowest BCUT2D eigenvalue weighted by Crippen LogP contribution is -2.12. The molecule has 0 atom stereocenters. The molecule has 0 aromatic heterocycles. The predicted molar refractivity (Wildman–Crippen MR) is 57.2 cm³/mol. The van der Waals surface area contributed by atoms with Gasteiger partial charge in [0.2, 0.25) is 0 Å². The van der Waals surface area contributed by atoms with Crippen LogP contribution in [-0.2, 0) is 6.42 Å². The third-order valence-corrected chi connectivity index (χ3v) is 3.07. The number of halogens is 1. The fourth-order valence-electron chi connectivity index (χ4n) is 1.85. The quantitative estimate of drug-likeness (QED) is 0.827. The summed E-state index contributed by atoms with van der Waals surface area (Å²) in [6, 6.07) is 1.32. The summed E-state index contributed by atoms with van der Waals surface area (Å²) in [5.74, 6) is -0.922. The van der Waals surface area contributed by atoms with Crippen molar-refractivity contribution in [3.05, 3.63) is 23.0 Å². The average molecular weight is 226 g/mol. The van der Waals surface area contributed by atoms with Gasteiger partial charge in [-0.3, -0.25) is 0 Å². The summed E-state index contributed by atoms with van der Waals surface area (Å²) in [6.07, 6.45) is 1.80. The van der Waals surface area contributed by atoms with Crippen LogP contribution in [0.5, 0.6) is 11.5 Å². The van der Waals surface area contributed by atoms with E-state index in [1.165, 1.54) is 13.2 Å². The molecule has 1 aromatic rings. The van der Waals surface area contributed by atoms with E-state index >= 15 is 0 Å². The molecule has 0 amide bonds. The summed E-state index contributed by atoms with van der Waals surface area (Å²) in [4.78, 5) is 0. The summed E-state index contributed by atoms with van der Waals surface area (Å²) >= 11 is 0. The number of phenolic OH excluding ortho intramolecular Hbond substituents is 1. The number of benzene rings is 1. The van der Waals surface area contributed by atoms with Gasteiger partial charge in [-0.15, -0.1) is 0 Å². The predicted octanol–water partition coefficient (Wildman–Crippen LogP) is 1.92. The van der Waals surface area contributed by atoms with Crippen LogP contribution in [0, 0.1) is 12.7 Å². The third kappa shape index (κ3) is 1.85.